The Morgan fingerprint density at radius 3 is 3.08 bits per heavy atom. The van der Waals surface area contributed by atoms with Gasteiger partial charge in [0, 0.05) is 12.4 Å². The van der Waals surface area contributed by atoms with E-state index in [2.05, 4.69) is 9.72 Å². The highest BCUT2D eigenvalue weighted by atomic mass is 19.1. The van der Waals surface area contributed by atoms with Gasteiger partial charge in [-0.1, -0.05) is 0 Å². The second-order valence-electron chi connectivity index (χ2n) is 2.07. The predicted octanol–water partition coefficient (Wildman–Crippen LogP) is 1.21. The van der Waals surface area contributed by atoms with E-state index in [0.29, 0.717) is 5.56 Å². The number of alkyl halides is 1. The van der Waals surface area contributed by atoms with Crippen molar-refractivity contribution in [1.82, 2.24) is 4.98 Å². The van der Waals surface area contributed by atoms with Crippen LogP contribution in [0.3, 0.4) is 0 Å². The summed E-state index contributed by atoms with van der Waals surface area (Å²) in [5.74, 6) is -0.541. The minimum Gasteiger partial charge on any atom is -0.459 e. The van der Waals surface area contributed by atoms with Crippen LogP contribution in [0.5, 0.6) is 0 Å². The number of pyridine rings is 1. The fraction of sp³-hybridized carbons (Fsp3) is 0.250. The molecule has 0 radical (unpaired) electrons. The molecule has 12 heavy (non-hydrogen) atoms. The Labute approximate surface area is 69.2 Å². The van der Waals surface area contributed by atoms with Gasteiger partial charge < -0.3 is 4.74 Å². The Bertz CT molecular complexity index is 250. The molecule has 0 saturated carbocycles. The molecule has 0 aliphatic heterocycles. The van der Waals surface area contributed by atoms with E-state index in [1.54, 1.807) is 18.3 Å². The lowest BCUT2D eigenvalue weighted by molar-refractivity contribution is 0.0480. The quantitative estimate of drug-likeness (QED) is 0.638. The Morgan fingerprint density at radius 2 is 2.50 bits per heavy atom. The van der Waals surface area contributed by atoms with E-state index in [-0.39, 0.29) is 6.61 Å². The highest BCUT2D eigenvalue weighted by Crippen LogP contribution is 1.98. The van der Waals surface area contributed by atoms with Crippen molar-refractivity contribution < 1.29 is 13.9 Å². The number of rotatable bonds is 3. The van der Waals surface area contributed by atoms with E-state index < -0.39 is 12.6 Å². The molecule has 1 aromatic rings. The zero-order valence-corrected chi connectivity index (χ0v) is 6.37. The zero-order valence-electron chi connectivity index (χ0n) is 6.37. The molecule has 0 bridgehead atoms. The summed E-state index contributed by atoms with van der Waals surface area (Å²) < 4.78 is 16.1. The number of halogens is 1. The lowest BCUT2D eigenvalue weighted by Crippen LogP contribution is -2.07. The molecule has 64 valence electrons. The molecule has 0 aliphatic carbocycles. The van der Waals surface area contributed by atoms with Crippen molar-refractivity contribution in [1.29, 1.82) is 0 Å². The number of carbonyl (C=O) groups excluding carboxylic acids is 1. The number of ether oxygens (including phenoxy) is 1. The summed E-state index contributed by atoms with van der Waals surface area (Å²) in [6.07, 6.45) is 2.92. The van der Waals surface area contributed by atoms with Gasteiger partial charge in [-0.25, -0.2) is 9.18 Å². The highest BCUT2D eigenvalue weighted by Gasteiger charge is 2.04. The third-order valence-corrected chi connectivity index (χ3v) is 1.21. The number of hydrogen-bond acceptors (Lipinski definition) is 3. The lowest BCUT2D eigenvalue weighted by Gasteiger charge is -1.99. The fourth-order valence-corrected chi connectivity index (χ4v) is 0.698. The average Bonchev–Trinajstić information content (AvgIpc) is 2.15. The molecule has 0 unspecified atom stereocenters. The van der Waals surface area contributed by atoms with Crippen LogP contribution < -0.4 is 0 Å². The SMILES string of the molecule is O=C(OCCF)c1cccnc1. The summed E-state index contributed by atoms with van der Waals surface area (Å²) in [6, 6.07) is 3.18. The molecular formula is C8H8FNO2. The highest BCUT2D eigenvalue weighted by molar-refractivity contribution is 5.88. The second kappa shape index (κ2) is 4.43. The number of carbonyl (C=O) groups is 1. The van der Waals surface area contributed by atoms with E-state index in [1.165, 1.54) is 6.20 Å². The van der Waals surface area contributed by atoms with Gasteiger partial charge in [-0.15, -0.1) is 0 Å². The average molecular weight is 169 g/mol. The molecule has 4 heteroatoms. The van der Waals surface area contributed by atoms with Gasteiger partial charge in [-0.3, -0.25) is 4.98 Å². The first-order valence-corrected chi connectivity index (χ1v) is 3.47. The normalized spacial score (nSPS) is 9.42. The van der Waals surface area contributed by atoms with Crippen molar-refractivity contribution in [3.05, 3.63) is 30.1 Å². The summed E-state index contributed by atoms with van der Waals surface area (Å²) in [4.78, 5) is 14.7. The van der Waals surface area contributed by atoms with Gasteiger partial charge in [0.05, 0.1) is 5.56 Å². The molecule has 0 atom stereocenters. The molecule has 1 heterocycles. The zero-order chi connectivity index (χ0) is 8.81. The summed E-state index contributed by atoms with van der Waals surface area (Å²) in [7, 11) is 0. The molecule has 0 fully saturated rings. The van der Waals surface area contributed by atoms with E-state index in [9.17, 15) is 9.18 Å². The van der Waals surface area contributed by atoms with Crippen LogP contribution in [0.4, 0.5) is 4.39 Å². The molecule has 0 aromatic carbocycles. The molecule has 0 aliphatic rings. The minimum absolute atomic E-state index is 0.201. The summed E-state index contributed by atoms with van der Waals surface area (Å²) in [5, 5.41) is 0. The van der Waals surface area contributed by atoms with Crippen molar-refractivity contribution in [3.63, 3.8) is 0 Å². The first-order chi connectivity index (χ1) is 5.84. The number of aromatic nitrogens is 1. The summed E-state index contributed by atoms with van der Waals surface area (Å²) in [6.45, 7) is -0.861. The third kappa shape index (κ3) is 2.30. The maximum atomic E-state index is 11.6. The van der Waals surface area contributed by atoms with Gasteiger partial charge in [-0.05, 0) is 12.1 Å². The number of nitrogens with zero attached hydrogens (tertiary/aromatic N) is 1. The first kappa shape index (κ1) is 8.64. The monoisotopic (exact) mass is 169 g/mol. The Kier molecular flexibility index (Phi) is 3.19. The topological polar surface area (TPSA) is 39.2 Å². The van der Waals surface area contributed by atoms with Crippen molar-refractivity contribution >= 4 is 5.97 Å². The molecule has 0 amide bonds. The van der Waals surface area contributed by atoms with Crippen molar-refractivity contribution in [2.45, 2.75) is 0 Å². The van der Waals surface area contributed by atoms with Crippen LogP contribution in [0.15, 0.2) is 24.5 Å². The van der Waals surface area contributed by atoms with Gasteiger partial charge in [0.1, 0.15) is 13.3 Å². The maximum absolute atomic E-state index is 11.6. The largest absolute Gasteiger partial charge is 0.459 e. The van der Waals surface area contributed by atoms with Crippen LogP contribution in [-0.2, 0) is 4.74 Å². The standard InChI is InChI=1S/C8H8FNO2/c9-3-5-12-8(11)7-2-1-4-10-6-7/h1-2,4,6H,3,5H2. The van der Waals surface area contributed by atoms with E-state index in [1.807, 2.05) is 0 Å². The van der Waals surface area contributed by atoms with Crippen LogP contribution >= 0.6 is 0 Å². The predicted molar refractivity (Wildman–Crippen MR) is 40.5 cm³/mol. The third-order valence-electron chi connectivity index (χ3n) is 1.21. The van der Waals surface area contributed by atoms with Gasteiger partial charge >= 0.3 is 5.97 Å². The van der Waals surface area contributed by atoms with E-state index >= 15 is 0 Å². The van der Waals surface area contributed by atoms with Gasteiger partial charge in [0.2, 0.25) is 0 Å². The van der Waals surface area contributed by atoms with E-state index in [0.717, 1.165) is 0 Å². The van der Waals surface area contributed by atoms with Crippen LogP contribution in [0, 0.1) is 0 Å². The molecule has 0 N–H and O–H groups in total. The Morgan fingerprint density at radius 1 is 1.67 bits per heavy atom. The number of hydrogen-bond donors (Lipinski definition) is 0. The van der Waals surface area contributed by atoms with Crippen molar-refractivity contribution in [3.8, 4) is 0 Å². The molecular weight excluding hydrogens is 161 g/mol. The Balaban J connectivity index is 2.54. The molecule has 3 nitrogen and oxygen atoms in total. The fourth-order valence-electron chi connectivity index (χ4n) is 0.698. The second-order valence-corrected chi connectivity index (χ2v) is 2.07. The van der Waals surface area contributed by atoms with E-state index in [4.69, 9.17) is 0 Å². The van der Waals surface area contributed by atoms with Crippen LogP contribution in [0.1, 0.15) is 10.4 Å². The summed E-state index contributed by atoms with van der Waals surface area (Å²) in [5.41, 5.74) is 0.339. The smallest absolute Gasteiger partial charge is 0.339 e. The van der Waals surface area contributed by atoms with Gasteiger partial charge in [0.25, 0.3) is 0 Å². The lowest BCUT2D eigenvalue weighted by atomic mass is 10.3. The van der Waals surface area contributed by atoms with Gasteiger partial charge in [0.15, 0.2) is 0 Å². The molecule has 1 rings (SSSR count). The summed E-state index contributed by atoms with van der Waals surface area (Å²) >= 11 is 0. The molecule has 1 aromatic heterocycles. The number of esters is 1. The minimum atomic E-state index is -0.661. The Hall–Kier alpha value is -1.45. The van der Waals surface area contributed by atoms with Crippen LogP contribution in [0.2, 0.25) is 0 Å². The molecule has 0 spiro atoms. The van der Waals surface area contributed by atoms with Crippen LogP contribution in [0.25, 0.3) is 0 Å². The van der Waals surface area contributed by atoms with Gasteiger partial charge in [-0.2, -0.15) is 0 Å². The van der Waals surface area contributed by atoms with Crippen LogP contribution in [-0.4, -0.2) is 24.2 Å². The van der Waals surface area contributed by atoms with Crippen molar-refractivity contribution in [2.24, 2.45) is 0 Å². The maximum Gasteiger partial charge on any atom is 0.339 e. The first-order valence-electron chi connectivity index (χ1n) is 3.47. The molecule has 0 saturated heterocycles. The van der Waals surface area contributed by atoms with Crippen molar-refractivity contribution in [2.75, 3.05) is 13.3 Å².